The van der Waals surface area contributed by atoms with Crippen LogP contribution in [0.2, 0.25) is 0 Å². The molecule has 20 heavy (non-hydrogen) atoms. The van der Waals surface area contributed by atoms with Crippen LogP contribution in [0.3, 0.4) is 0 Å². The first-order chi connectivity index (χ1) is 9.60. The smallest absolute Gasteiger partial charge is 0.407 e. The monoisotopic (exact) mass is 281 g/mol. The van der Waals surface area contributed by atoms with Gasteiger partial charge >= 0.3 is 6.09 Å². The zero-order valence-electron chi connectivity index (χ0n) is 11.7. The maximum atomic E-state index is 12.2. The van der Waals surface area contributed by atoms with Crippen LogP contribution >= 0.6 is 0 Å². The molecule has 2 amide bonds. The number of nitrogens with one attached hydrogen (secondary N) is 1. The Bertz CT molecular complexity index is 486. The molecule has 7 heteroatoms. The van der Waals surface area contributed by atoms with E-state index in [1.807, 2.05) is 0 Å². The molecule has 1 aliphatic rings. The Morgan fingerprint density at radius 3 is 3.05 bits per heavy atom. The summed E-state index contributed by atoms with van der Waals surface area (Å²) in [4.78, 5) is 25.3. The van der Waals surface area contributed by atoms with Gasteiger partial charge in [0.1, 0.15) is 5.76 Å². The minimum atomic E-state index is -0.441. The number of hydrogen-bond acceptors (Lipinski definition) is 5. The van der Waals surface area contributed by atoms with E-state index in [9.17, 15) is 9.59 Å². The number of nitrogens with zero attached hydrogens (tertiary/aromatic N) is 2. The van der Waals surface area contributed by atoms with Gasteiger partial charge in [0, 0.05) is 25.2 Å². The van der Waals surface area contributed by atoms with Crippen molar-refractivity contribution in [3.8, 4) is 0 Å². The van der Waals surface area contributed by atoms with Gasteiger partial charge in [0.2, 0.25) is 0 Å². The quantitative estimate of drug-likeness (QED) is 0.903. The summed E-state index contributed by atoms with van der Waals surface area (Å²) in [6, 6.07) is 1.53. The van der Waals surface area contributed by atoms with E-state index in [1.165, 1.54) is 0 Å². The van der Waals surface area contributed by atoms with Crippen LogP contribution in [-0.2, 0) is 4.74 Å². The van der Waals surface area contributed by atoms with Crippen LogP contribution in [0.25, 0.3) is 0 Å². The third-order valence-corrected chi connectivity index (χ3v) is 3.15. The van der Waals surface area contributed by atoms with Crippen molar-refractivity contribution in [2.75, 3.05) is 19.7 Å². The number of aromatic nitrogens is 1. The van der Waals surface area contributed by atoms with Crippen LogP contribution in [0, 0.1) is 6.92 Å². The molecular formula is C13H19N3O4. The molecule has 1 saturated heterocycles. The number of likely N-dealkylation sites (tertiary alicyclic amines) is 1. The minimum absolute atomic E-state index is 0.0836. The van der Waals surface area contributed by atoms with Crippen LogP contribution in [0.4, 0.5) is 4.79 Å². The zero-order valence-corrected chi connectivity index (χ0v) is 11.7. The van der Waals surface area contributed by atoms with Crippen LogP contribution in [0.15, 0.2) is 10.6 Å². The number of piperidine rings is 1. The third-order valence-electron chi connectivity index (χ3n) is 3.15. The molecule has 0 bridgehead atoms. The molecule has 2 heterocycles. The lowest BCUT2D eigenvalue weighted by Crippen LogP contribution is -2.49. The molecule has 0 radical (unpaired) electrons. The van der Waals surface area contributed by atoms with E-state index in [0.29, 0.717) is 31.2 Å². The van der Waals surface area contributed by atoms with Crippen molar-refractivity contribution in [2.45, 2.75) is 32.7 Å². The predicted octanol–water partition coefficient (Wildman–Crippen LogP) is 1.33. The molecule has 0 aliphatic carbocycles. The van der Waals surface area contributed by atoms with Gasteiger partial charge < -0.3 is 19.5 Å². The number of ether oxygens (including phenoxy) is 1. The van der Waals surface area contributed by atoms with E-state index in [-0.39, 0.29) is 11.9 Å². The minimum Gasteiger partial charge on any atom is -0.450 e. The van der Waals surface area contributed by atoms with Gasteiger partial charge in [0.05, 0.1) is 6.61 Å². The molecule has 0 spiro atoms. The van der Waals surface area contributed by atoms with E-state index in [4.69, 9.17) is 9.26 Å². The van der Waals surface area contributed by atoms with Gasteiger partial charge in [-0.2, -0.15) is 0 Å². The molecule has 1 unspecified atom stereocenters. The summed E-state index contributed by atoms with van der Waals surface area (Å²) in [5, 5.41) is 6.49. The second-order valence-electron chi connectivity index (χ2n) is 4.78. The molecular weight excluding hydrogens is 262 g/mol. The molecule has 0 aromatic carbocycles. The maximum absolute atomic E-state index is 12.2. The van der Waals surface area contributed by atoms with Crippen LogP contribution in [-0.4, -0.2) is 47.8 Å². The van der Waals surface area contributed by atoms with Crippen molar-refractivity contribution < 1.29 is 18.8 Å². The number of rotatable bonds is 3. The van der Waals surface area contributed by atoms with E-state index >= 15 is 0 Å². The van der Waals surface area contributed by atoms with Crippen molar-refractivity contribution in [1.82, 2.24) is 15.4 Å². The lowest BCUT2D eigenvalue weighted by Gasteiger charge is -2.32. The lowest BCUT2D eigenvalue weighted by atomic mass is 10.1. The number of amides is 2. The number of aryl methyl sites for hydroxylation is 1. The van der Waals surface area contributed by atoms with Crippen LogP contribution < -0.4 is 5.32 Å². The molecule has 2 rings (SSSR count). The predicted molar refractivity (Wildman–Crippen MR) is 70.3 cm³/mol. The first-order valence-corrected chi connectivity index (χ1v) is 6.76. The highest BCUT2D eigenvalue weighted by Gasteiger charge is 2.27. The summed E-state index contributed by atoms with van der Waals surface area (Å²) in [5.41, 5.74) is 0.305. The summed E-state index contributed by atoms with van der Waals surface area (Å²) in [6.45, 7) is 4.95. The second kappa shape index (κ2) is 6.40. The number of carbonyl (C=O) groups excluding carboxylic acids is 2. The van der Waals surface area contributed by atoms with Crippen LogP contribution in [0.5, 0.6) is 0 Å². The van der Waals surface area contributed by atoms with Gasteiger partial charge in [0.25, 0.3) is 5.91 Å². The molecule has 1 aromatic heterocycles. The molecule has 1 aliphatic heterocycles. The number of hydrogen-bond donors (Lipinski definition) is 1. The molecule has 1 atom stereocenters. The topological polar surface area (TPSA) is 84.7 Å². The van der Waals surface area contributed by atoms with Gasteiger partial charge in [-0.1, -0.05) is 5.16 Å². The van der Waals surface area contributed by atoms with E-state index < -0.39 is 6.09 Å². The van der Waals surface area contributed by atoms with E-state index in [1.54, 1.807) is 24.8 Å². The van der Waals surface area contributed by atoms with Gasteiger partial charge in [0.15, 0.2) is 5.69 Å². The van der Waals surface area contributed by atoms with E-state index in [0.717, 1.165) is 12.8 Å². The van der Waals surface area contributed by atoms with Crippen molar-refractivity contribution in [3.05, 3.63) is 17.5 Å². The van der Waals surface area contributed by atoms with Crippen LogP contribution in [0.1, 0.15) is 36.0 Å². The van der Waals surface area contributed by atoms with Crippen molar-refractivity contribution >= 4 is 12.0 Å². The average molecular weight is 281 g/mol. The Hall–Kier alpha value is -2.05. The molecule has 0 saturated carbocycles. The summed E-state index contributed by atoms with van der Waals surface area (Å²) in [5.74, 6) is 0.434. The molecule has 1 aromatic rings. The average Bonchev–Trinajstić information content (AvgIpc) is 2.85. The molecule has 7 nitrogen and oxygen atoms in total. The zero-order chi connectivity index (χ0) is 14.5. The van der Waals surface area contributed by atoms with Crippen molar-refractivity contribution in [2.24, 2.45) is 0 Å². The van der Waals surface area contributed by atoms with E-state index in [2.05, 4.69) is 10.5 Å². The largest absolute Gasteiger partial charge is 0.450 e. The molecule has 1 N–H and O–H groups in total. The summed E-state index contributed by atoms with van der Waals surface area (Å²) in [6.07, 6.45) is 1.23. The number of carbonyl (C=O) groups is 2. The normalized spacial score (nSPS) is 18.7. The van der Waals surface area contributed by atoms with Gasteiger partial charge in [-0.05, 0) is 26.7 Å². The SMILES string of the molecule is CCOC(=O)NC1CCCN(C(=O)c2cc(C)on2)C1. The fourth-order valence-electron chi connectivity index (χ4n) is 2.25. The first kappa shape index (κ1) is 14.4. The highest BCUT2D eigenvalue weighted by atomic mass is 16.5. The fraction of sp³-hybridized carbons (Fsp3) is 0.615. The van der Waals surface area contributed by atoms with Gasteiger partial charge in [-0.3, -0.25) is 4.79 Å². The molecule has 110 valence electrons. The first-order valence-electron chi connectivity index (χ1n) is 6.76. The maximum Gasteiger partial charge on any atom is 0.407 e. The fourth-order valence-corrected chi connectivity index (χ4v) is 2.25. The van der Waals surface area contributed by atoms with Crippen molar-refractivity contribution in [3.63, 3.8) is 0 Å². The number of alkyl carbamates (subject to hydrolysis) is 1. The van der Waals surface area contributed by atoms with Crippen molar-refractivity contribution in [1.29, 1.82) is 0 Å². The summed E-state index contributed by atoms with van der Waals surface area (Å²) >= 11 is 0. The Morgan fingerprint density at radius 1 is 1.60 bits per heavy atom. The summed E-state index contributed by atoms with van der Waals surface area (Å²) < 4.78 is 9.76. The highest BCUT2D eigenvalue weighted by Crippen LogP contribution is 2.14. The lowest BCUT2D eigenvalue weighted by molar-refractivity contribution is 0.0676. The van der Waals surface area contributed by atoms with Gasteiger partial charge in [-0.25, -0.2) is 4.79 Å². The summed E-state index contributed by atoms with van der Waals surface area (Å²) in [7, 11) is 0. The van der Waals surface area contributed by atoms with Gasteiger partial charge in [-0.15, -0.1) is 0 Å². The standard InChI is InChI=1S/C13H19N3O4/c1-3-19-13(18)14-10-5-4-6-16(8-10)12(17)11-7-9(2)20-15-11/h7,10H,3-6,8H2,1-2H3,(H,14,18). The molecule has 1 fully saturated rings. The Balaban J connectivity index is 1.93. The Kier molecular flexibility index (Phi) is 4.60. The Morgan fingerprint density at radius 2 is 2.40 bits per heavy atom. The highest BCUT2D eigenvalue weighted by molar-refractivity contribution is 5.92. The Labute approximate surface area is 117 Å². The second-order valence-corrected chi connectivity index (χ2v) is 4.78. The third kappa shape index (κ3) is 3.49.